The molecular weight excluding hydrogens is 326 g/mol. The average Bonchev–Trinajstić information content (AvgIpc) is 2.95. The van der Waals surface area contributed by atoms with Crippen LogP contribution in [-0.2, 0) is 14.8 Å². The number of fused-ring (bicyclic) bond motifs is 1. The standard InChI is InChI=1S/C17H15N3O3S/c1-12(21)20-24(22,23)15-8-6-14(7-9-15)18-10-13-11-19-17-5-3-2-4-16(13)17/h2-11,19H,1H3,(H,20,21). The third-order valence-electron chi connectivity index (χ3n) is 3.40. The van der Waals surface area contributed by atoms with Crippen molar-refractivity contribution >= 4 is 38.7 Å². The van der Waals surface area contributed by atoms with Crippen molar-refractivity contribution < 1.29 is 13.2 Å². The van der Waals surface area contributed by atoms with Crippen LogP contribution in [0.15, 0.2) is 64.6 Å². The highest BCUT2D eigenvalue weighted by Crippen LogP contribution is 2.19. The van der Waals surface area contributed by atoms with Gasteiger partial charge in [0.1, 0.15) is 0 Å². The molecule has 0 saturated heterocycles. The van der Waals surface area contributed by atoms with Gasteiger partial charge in [0, 0.05) is 35.8 Å². The number of H-pyrrole nitrogens is 1. The molecule has 0 bridgehead atoms. The molecule has 0 aliphatic carbocycles. The molecule has 0 spiro atoms. The third-order valence-corrected chi connectivity index (χ3v) is 4.85. The van der Waals surface area contributed by atoms with E-state index in [2.05, 4.69) is 9.98 Å². The van der Waals surface area contributed by atoms with Crippen LogP contribution in [0.1, 0.15) is 12.5 Å². The number of hydrogen-bond donors (Lipinski definition) is 2. The maximum Gasteiger partial charge on any atom is 0.264 e. The number of hydrogen-bond acceptors (Lipinski definition) is 4. The second-order valence-electron chi connectivity index (χ2n) is 5.20. The van der Waals surface area contributed by atoms with Crippen molar-refractivity contribution in [1.82, 2.24) is 9.71 Å². The second kappa shape index (κ2) is 6.29. The zero-order valence-electron chi connectivity index (χ0n) is 12.9. The summed E-state index contributed by atoms with van der Waals surface area (Å²) < 4.78 is 25.7. The number of aromatic nitrogens is 1. The number of aromatic amines is 1. The van der Waals surface area contributed by atoms with Crippen LogP contribution in [0.4, 0.5) is 5.69 Å². The Balaban J connectivity index is 1.83. The molecule has 0 unspecified atom stereocenters. The van der Waals surface area contributed by atoms with Crippen LogP contribution in [0.3, 0.4) is 0 Å². The van der Waals surface area contributed by atoms with E-state index in [1.807, 2.05) is 35.2 Å². The van der Waals surface area contributed by atoms with Crippen LogP contribution in [-0.4, -0.2) is 25.5 Å². The lowest BCUT2D eigenvalue weighted by molar-refractivity contribution is -0.117. The summed E-state index contributed by atoms with van der Waals surface area (Å²) >= 11 is 0. The SMILES string of the molecule is CC(=O)NS(=O)(=O)c1ccc(N=Cc2c[nH]c3ccccc23)cc1. The molecule has 1 amide bonds. The van der Waals surface area contributed by atoms with Gasteiger partial charge in [-0.1, -0.05) is 18.2 Å². The van der Waals surface area contributed by atoms with E-state index in [4.69, 9.17) is 0 Å². The van der Waals surface area contributed by atoms with E-state index in [1.165, 1.54) is 12.1 Å². The zero-order valence-corrected chi connectivity index (χ0v) is 13.7. The minimum Gasteiger partial charge on any atom is -0.361 e. The fraction of sp³-hybridized carbons (Fsp3) is 0.0588. The molecule has 122 valence electrons. The Morgan fingerprint density at radius 1 is 1.12 bits per heavy atom. The van der Waals surface area contributed by atoms with Crippen LogP contribution in [0, 0.1) is 0 Å². The van der Waals surface area contributed by atoms with Crippen molar-refractivity contribution in [3.05, 3.63) is 60.3 Å². The van der Waals surface area contributed by atoms with Gasteiger partial charge in [-0.2, -0.15) is 0 Å². The van der Waals surface area contributed by atoms with E-state index in [9.17, 15) is 13.2 Å². The lowest BCUT2D eigenvalue weighted by Crippen LogP contribution is -2.28. The highest BCUT2D eigenvalue weighted by molar-refractivity contribution is 7.90. The van der Waals surface area contributed by atoms with Gasteiger partial charge in [0.15, 0.2) is 0 Å². The van der Waals surface area contributed by atoms with Crippen LogP contribution in [0.25, 0.3) is 10.9 Å². The first-order valence-electron chi connectivity index (χ1n) is 7.19. The van der Waals surface area contributed by atoms with Crippen molar-refractivity contribution in [3.8, 4) is 0 Å². The molecule has 0 saturated carbocycles. The van der Waals surface area contributed by atoms with E-state index < -0.39 is 15.9 Å². The zero-order chi connectivity index (χ0) is 17.2. The summed E-state index contributed by atoms with van der Waals surface area (Å²) in [5, 5.41) is 1.06. The number of carbonyl (C=O) groups is 1. The second-order valence-corrected chi connectivity index (χ2v) is 6.89. The number of benzene rings is 2. The number of sulfonamides is 1. The van der Waals surface area contributed by atoms with Crippen molar-refractivity contribution in [2.24, 2.45) is 4.99 Å². The number of nitrogens with one attached hydrogen (secondary N) is 2. The summed E-state index contributed by atoms with van der Waals surface area (Å²) in [7, 11) is -3.82. The summed E-state index contributed by atoms with van der Waals surface area (Å²) in [6, 6.07) is 13.9. The molecule has 24 heavy (non-hydrogen) atoms. The molecule has 0 fully saturated rings. The molecule has 2 aromatic carbocycles. The molecule has 3 aromatic rings. The van der Waals surface area contributed by atoms with Gasteiger partial charge >= 0.3 is 0 Å². The minimum atomic E-state index is -3.82. The number of carbonyl (C=O) groups excluding carboxylic acids is 1. The molecule has 2 N–H and O–H groups in total. The van der Waals surface area contributed by atoms with Gasteiger partial charge in [0.25, 0.3) is 10.0 Å². The van der Waals surface area contributed by atoms with E-state index in [-0.39, 0.29) is 4.90 Å². The molecule has 6 nitrogen and oxygen atoms in total. The van der Waals surface area contributed by atoms with E-state index in [1.54, 1.807) is 18.3 Å². The van der Waals surface area contributed by atoms with Crippen LogP contribution in [0.5, 0.6) is 0 Å². The normalized spacial score (nSPS) is 11.9. The van der Waals surface area contributed by atoms with Crippen molar-refractivity contribution in [2.45, 2.75) is 11.8 Å². The van der Waals surface area contributed by atoms with Crippen LogP contribution in [0.2, 0.25) is 0 Å². The van der Waals surface area contributed by atoms with Crippen LogP contribution < -0.4 is 4.72 Å². The smallest absolute Gasteiger partial charge is 0.264 e. The maximum atomic E-state index is 11.9. The topological polar surface area (TPSA) is 91.4 Å². The number of para-hydroxylation sites is 1. The van der Waals surface area contributed by atoms with Gasteiger partial charge < -0.3 is 4.98 Å². The van der Waals surface area contributed by atoms with Crippen molar-refractivity contribution in [1.29, 1.82) is 0 Å². The summed E-state index contributed by atoms with van der Waals surface area (Å²) in [6.07, 6.45) is 3.58. The van der Waals surface area contributed by atoms with Gasteiger partial charge in [-0.05, 0) is 30.3 Å². The number of aliphatic imine (C=N–C) groups is 1. The first-order chi connectivity index (χ1) is 11.5. The molecule has 0 aliphatic heterocycles. The summed E-state index contributed by atoms with van der Waals surface area (Å²) in [4.78, 5) is 18.5. The van der Waals surface area contributed by atoms with Gasteiger partial charge in [-0.15, -0.1) is 0 Å². The summed E-state index contributed by atoms with van der Waals surface area (Å²) in [5.41, 5.74) is 2.58. The fourth-order valence-electron chi connectivity index (χ4n) is 2.30. The Bertz CT molecular complexity index is 1020. The molecular formula is C17H15N3O3S. The van der Waals surface area contributed by atoms with Gasteiger partial charge in [-0.3, -0.25) is 9.79 Å². The lowest BCUT2D eigenvalue weighted by atomic mass is 10.2. The number of nitrogens with zero attached hydrogens (tertiary/aromatic N) is 1. The Hall–Kier alpha value is -2.93. The number of rotatable bonds is 4. The highest BCUT2D eigenvalue weighted by atomic mass is 32.2. The Morgan fingerprint density at radius 2 is 1.83 bits per heavy atom. The third kappa shape index (κ3) is 3.36. The highest BCUT2D eigenvalue weighted by Gasteiger charge is 2.14. The van der Waals surface area contributed by atoms with Crippen LogP contribution >= 0.6 is 0 Å². The van der Waals surface area contributed by atoms with Crippen molar-refractivity contribution in [3.63, 3.8) is 0 Å². The van der Waals surface area contributed by atoms with E-state index >= 15 is 0 Å². The first kappa shape index (κ1) is 15.9. The first-order valence-corrected chi connectivity index (χ1v) is 8.68. The Kier molecular flexibility index (Phi) is 4.18. The summed E-state index contributed by atoms with van der Waals surface area (Å²) in [6.45, 7) is 1.15. The molecule has 0 aliphatic rings. The quantitative estimate of drug-likeness (QED) is 0.715. The molecule has 0 atom stereocenters. The van der Waals surface area contributed by atoms with E-state index in [0.717, 1.165) is 23.4 Å². The largest absolute Gasteiger partial charge is 0.361 e. The molecule has 3 rings (SSSR count). The van der Waals surface area contributed by atoms with Gasteiger partial charge in [-0.25, -0.2) is 13.1 Å². The molecule has 0 radical (unpaired) electrons. The minimum absolute atomic E-state index is 0.0174. The monoisotopic (exact) mass is 341 g/mol. The van der Waals surface area contributed by atoms with Gasteiger partial charge in [0.2, 0.25) is 5.91 Å². The Labute approximate surface area is 139 Å². The number of amides is 1. The van der Waals surface area contributed by atoms with Crippen molar-refractivity contribution in [2.75, 3.05) is 0 Å². The average molecular weight is 341 g/mol. The molecule has 1 aromatic heterocycles. The predicted octanol–water partition coefficient (Wildman–Crippen LogP) is 2.74. The molecule has 1 heterocycles. The van der Waals surface area contributed by atoms with E-state index in [0.29, 0.717) is 5.69 Å². The Morgan fingerprint density at radius 3 is 2.54 bits per heavy atom. The fourth-order valence-corrected chi connectivity index (χ4v) is 3.30. The molecule has 7 heteroatoms. The summed E-state index contributed by atoms with van der Waals surface area (Å²) in [5.74, 6) is -0.628. The lowest BCUT2D eigenvalue weighted by Gasteiger charge is -2.04. The maximum absolute atomic E-state index is 11.9. The predicted molar refractivity (Wildman–Crippen MR) is 93.0 cm³/mol. The van der Waals surface area contributed by atoms with Gasteiger partial charge in [0.05, 0.1) is 10.6 Å².